The van der Waals surface area contributed by atoms with Crippen molar-refractivity contribution in [3.05, 3.63) is 53.6 Å². The Morgan fingerprint density at radius 2 is 2.15 bits per heavy atom. The summed E-state index contributed by atoms with van der Waals surface area (Å²) < 4.78 is 0. The van der Waals surface area contributed by atoms with Gasteiger partial charge in [0.05, 0.1) is 0 Å². The lowest BCUT2D eigenvalue weighted by Crippen LogP contribution is -1.87. The molecule has 0 nitrogen and oxygen atoms in total. The van der Waals surface area contributed by atoms with Crippen molar-refractivity contribution in [1.82, 2.24) is 0 Å². The first kappa shape index (κ1) is 8.76. The minimum atomic E-state index is 0.480. The van der Waals surface area contributed by atoms with Crippen molar-refractivity contribution in [2.75, 3.05) is 5.33 Å². The van der Waals surface area contributed by atoms with Crippen LogP contribution in [0.3, 0.4) is 0 Å². The van der Waals surface area contributed by atoms with Gasteiger partial charge in [0.2, 0.25) is 0 Å². The first-order chi connectivity index (χ1) is 6.42. The number of rotatable bonds is 2. The van der Waals surface area contributed by atoms with Crippen LogP contribution < -0.4 is 0 Å². The van der Waals surface area contributed by atoms with E-state index in [0.717, 1.165) is 5.33 Å². The summed E-state index contributed by atoms with van der Waals surface area (Å²) in [5.74, 6) is 0.480. The standard InChI is InChI=1S/C12H11Br/c13-9-3-5-11-8-7-10-4-1-2-6-12(10)11/h1-8,11H,9H2. The van der Waals surface area contributed by atoms with E-state index in [0.29, 0.717) is 5.92 Å². The smallest absolute Gasteiger partial charge is 0.0212 e. The number of alkyl halides is 1. The highest BCUT2D eigenvalue weighted by molar-refractivity contribution is 9.09. The van der Waals surface area contributed by atoms with Crippen molar-refractivity contribution in [2.45, 2.75) is 5.92 Å². The van der Waals surface area contributed by atoms with E-state index >= 15 is 0 Å². The lowest BCUT2D eigenvalue weighted by molar-refractivity contribution is 1.11. The van der Waals surface area contributed by atoms with E-state index in [4.69, 9.17) is 0 Å². The fraction of sp³-hybridized carbons (Fsp3) is 0.167. The fourth-order valence-electron chi connectivity index (χ4n) is 1.64. The lowest BCUT2D eigenvalue weighted by Gasteiger charge is -2.04. The molecule has 1 aliphatic rings. The van der Waals surface area contributed by atoms with E-state index in [1.807, 2.05) is 0 Å². The molecule has 66 valence electrons. The molecule has 0 radical (unpaired) electrons. The predicted molar refractivity (Wildman–Crippen MR) is 61.2 cm³/mol. The highest BCUT2D eigenvalue weighted by Crippen LogP contribution is 2.30. The fourth-order valence-corrected chi connectivity index (χ4v) is 1.86. The van der Waals surface area contributed by atoms with Gasteiger partial charge in [-0.1, -0.05) is 64.5 Å². The van der Waals surface area contributed by atoms with Crippen molar-refractivity contribution in [3.63, 3.8) is 0 Å². The Kier molecular flexibility index (Phi) is 2.65. The summed E-state index contributed by atoms with van der Waals surface area (Å²) in [6, 6.07) is 8.53. The average molecular weight is 235 g/mol. The van der Waals surface area contributed by atoms with Crippen LogP contribution in [0.25, 0.3) is 6.08 Å². The summed E-state index contributed by atoms with van der Waals surface area (Å²) in [4.78, 5) is 0. The van der Waals surface area contributed by atoms with Gasteiger partial charge in [-0.2, -0.15) is 0 Å². The van der Waals surface area contributed by atoms with Gasteiger partial charge in [-0.05, 0) is 11.1 Å². The number of hydrogen-bond donors (Lipinski definition) is 0. The molecule has 0 spiro atoms. The van der Waals surface area contributed by atoms with Crippen LogP contribution in [0.15, 0.2) is 42.5 Å². The molecule has 0 aliphatic heterocycles. The van der Waals surface area contributed by atoms with Crippen LogP contribution in [0.1, 0.15) is 17.0 Å². The molecule has 1 heteroatoms. The first-order valence-electron chi connectivity index (χ1n) is 4.41. The molecular formula is C12H11Br. The van der Waals surface area contributed by atoms with Crippen LogP contribution in [0.5, 0.6) is 0 Å². The quantitative estimate of drug-likeness (QED) is 0.541. The summed E-state index contributed by atoms with van der Waals surface area (Å²) in [5.41, 5.74) is 2.77. The second kappa shape index (κ2) is 3.93. The molecule has 1 aromatic carbocycles. The zero-order valence-electron chi connectivity index (χ0n) is 7.28. The molecule has 0 fully saturated rings. The third-order valence-corrected chi connectivity index (χ3v) is 2.64. The summed E-state index contributed by atoms with van der Waals surface area (Å²) >= 11 is 3.39. The van der Waals surface area contributed by atoms with E-state index < -0.39 is 0 Å². The molecule has 0 saturated heterocycles. The van der Waals surface area contributed by atoms with E-state index in [2.05, 4.69) is 64.5 Å². The molecule has 0 amide bonds. The zero-order chi connectivity index (χ0) is 9.10. The van der Waals surface area contributed by atoms with Crippen LogP contribution in [0.4, 0.5) is 0 Å². The van der Waals surface area contributed by atoms with Gasteiger partial charge in [0, 0.05) is 11.2 Å². The van der Waals surface area contributed by atoms with E-state index in [1.54, 1.807) is 0 Å². The molecule has 0 heterocycles. The molecule has 2 rings (SSSR count). The number of halogens is 1. The molecule has 0 N–H and O–H groups in total. The number of hydrogen-bond acceptors (Lipinski definition) is 0. The maximum Gasteiger partial charge on any atom is 0.0212 e. The summed E-state index contributed by atoms with van der Waals surface area (Å²) in [6.07, 6.45) is 8.82. The molecule has 1 atom stereocenters. The minimum Gasteiger partial charge on any atom is -0.0883 e. The minimum absolute atomic E-state index is 0.480. The van der Waals surface area contributed by atoms with Gasteiger partial charge in [0.15, 0.2) is 0 Å². The Morgan fingerprint density at radius 3 is 3.00 bits per heavy atom. The van der Waals surface area contributed by atoms with Crippen molar-refractivity contribution >= 4 is 22.0 Å². The summed E-state index contributed by atoms with van der Waals surface area (Å²) in [6.45, 7) is 0. The second-order valence-corrected chi connectivity index (χ2v) is 3.74. The molecule has 0 aromatic heterocycles. The Bertz CT molecular complexity index is 350. The lowest BCUT2D eigenvalue weighted by atomic mass is 10.0. The SMILES string of the molecule is BrCC=CC1C=Cc2ccccc21. The molecule has 1 unspecified atom stereocenters. The van der Waals surface area contributed by atoms with Crippen molar-refractivity contribution in [3.8, 4) is 0 Å². The van der Waals surface area contributed by atoms with Gasteiger partial charge in [-0.3, -0.25) is 0 Å². The number of allylic oxidation sites excluding steroid dienone is 3. The molecular weight excluding hydrogens is 224 g/mol. The largest absolute Gasteiger partial charge is 0.0883 e. The molecule has 0 bridgehead atoms. The Hall–Kier alpha value is -0.820. The normalized spacial score (nSPS) is 19.6. The molecule has 0 saturated carbocycles. The molecule has 13 heavy (non-hydrogen) atoms. The van der Waals surface area contributed by atoms with Gasteiger partial charge < -0.3 is 0 Å². The first-order valence-corrected chi connectivity index (χ1v) is 5.54. The topological polar surface area (TPSA) is 0 Å². The van der Waals surface area contributed by atoms with Gasteiger partial charge >= 0.3 is 0 Å². The maximum atomic E-state index is 3.39. The van der Waals surface area contributed by atoms with Crippen LogP contribution in [0.2, 0.25) is 0 Å². The highest BCUT2D eigenvalue weighted by atomic mass is 79.9. The highest BCUT2D eigenvalue weighted by Gasteiger charge is 2.12. The molecule has 1 aromatic rings. The van der Waals surface area contributed by atoms with Crippen molar-refractivity contribution in [1.29, 1.82) is 0 Å². The van der Waals surface area contributed by atoms with Crippen LogP contribution >= 0.6 is 15.9 Å². The summed E-state index contributed by atoms with van der Waals surface area (Å²) in [7, 11) is 0. The van der Waals surface area contributed by atoms with Gasteiger partial charge in [0.25, 0.3) is 0 Å². The summed E-state index contributed by atoms with van der Waals surface area (Å²) in [5, 5.41) is 0.930. The average Bonchev–Trinajstić information content (AvgIpc) is 2.58. The van der Waals surface area contributed by atoms with E-state index in [-0.39, 0.29) is 0 Å². The van der Waals surface area contributed by atoms with Gasteiger partial charge in [-0.15, -0.1) is 0 Å². The van der Waals surface area contributed by atoms with Gasteiger partial charge in [-0.25, -0.2) is 0 Å². The monoisotopic (exact) mass is 234 g/mol. The Labute approximate surface area is 87.1 Å². The zero-order valence-corrected chi connectivity index (χ0v) is 8.87. The van der Waals surface area contributed by atoms with E-state index in [1.165, 1.54) is 11.1 Å². The second-order valence-electron chi connectivity index (χ2n) is 3.10. The number of fused-ring (bicyclic) bond motifs is 1. The van der Waals surface area contributed by atoms with Gasteiger partial charge in [0.1, 0.15) is 0 Å². The third kappa shape index (κ3) is 1.75. The Balaban J connectivity index is 2.28. The van der Waals surface area contributed by atoms with Crippen LogP contribution in [-0.2, 0) is 0 Å². The molecule has 1 aliphatic carbocycles. The Morgan fingerprint density at radius 1 is 1.31 bits per heavy atom. The van der Waals surface area contributed by atoms with Crippen molar-refractivity contribution in [2.24, 2.45) is 0 Å². The number of benzene rings is 1. The van der Waals surface area contributed by atoms with E-state index in [9.17, 15) is 0 Å². The van der Waals surface area contributed by atoms with Crippen molar-refractivity contribution < 1.29 is 0 Å². The third-order valence-electron chi connectivity index (χ3n) is 2.27. The predicted octanol–water partition coefficient (Wildman–Crippen LogP) is 3.75. The van der Waals surface area contributed by atoms with Crippen LogP contribution in [0, 0.1) is 0 Å². The maximum absolute atomic E-state index is 3.39. The van der Waals surface area contributed by atoms with Crippen LogP contribution in [-0.4, -0.2) is 5.33 Å².